The van der Waals surface area contributed by atoms with Gasteiger partial charge in [-0.05, 0) is 18.2 Å². The molecule has 0 bridgehead atoms. The molecule has 0 unspecified atom stereocenters. The number of aromatic nitrogens is 2. The number of hydrogen-bond donors (Lipinski definition) is 2. The number of rotatable bonds is 6. The van der Waals surface area contributed by atoms with Crippen LogP contribution in [0.15, 0.2) is 30.6 Å². The summed E-state index contributed by atoms with van der Waals surface area (Å²) in [6, 6.07) is 5.46. The quantitative estimate of drug-likeness (QED) is 0.855. The molecule has 7 heteroatoms. The number of nitrogens with zero attached hydrogens (tertiary/aromatic N) is 2. The molecule has 0 saturated carbocycles. The van der Waals surface area contributed by atoms with Crippen LogP contribution in [0.3, 0.4) is 0 Å². The number of carbonyl (C=O) groups is 1. The normalized spacial score (nSPS) is 10.2. The molecule has 2 aromatic rings. The van der Waals surface area contributed by atoms with E-state index in [9.17, 15) is 4.79 Å². The maximum absolute atomic E-state index is 11.3. The van der Waals surface area contributed by atoms with Crippen LogP contribution in [0.2, 0.25) is 5.02 Å². The average Bonchev–Trinajstić information content (AvgIpc) is 2.92. The van der Waals surface area contributed by atoms with Gasteiger partial charge in [-0.1, -0.05) is 11.6 Å². The Balaban J connectivity index is 2.00. The van der Waals surface area contributed by atoms with Crippen molar-refractivity contribution in [2.75, 3.05) is 19.5 Å². The first-order valence-electron chi connectivity index (χ1n) is 6.41. The van der Waals surface area contributed by atoms with Crippen molar-refractivity contribution in [2.24, 2.45) is 0 Å². The first-order valence-corrected chi connectivity index (χ1v) is 6.79. The van der Waals surface area contributed by atoms with Crippen LogP contribution in [-0.4, -0.2) is 29.8 Å². The molecule has 0 atom stereocenters. The van der Waals surface area contributed by atoms with Crippen LogP contribution in [0.5, 0.6) is 5.75 Å². The van der Waals surface area contributed by atoms with Gasteiger partial charge in [0.25, 0.3) is 0 Å². The number of anilines is 1. The van der Waals surface area contributed by atoms with Crippen molar-refractivity contribution in [1.29, 1.82) is 0 Å². The van der Waals surface area contributed by atoms with Gasteiger partial charge in [0.1, 0.15) is 12.3 Å². The van der Waals surface area contributed by atoms with E-state index in [1.165, 1.54) is 0 Å². The summed E-state index contributed by atoms with van der Waals surface area (Å²) in [5.41, 5.74) is 1.77. The Morgan fingerprint density at radius 1 is 1.48 bits per heavy atom. The smallest absolute Gasteiger partial charge is 0.241 e. The number of nitrogens with one attached hydrogen (secondary N) is 2. The van der Waals surface area contributed by atoms with Crippen LogP contribution in [0.4, 0.5) is 5.69 Å². The lowest BCUT2D eigenvalue weighted by Crippen LogP contribution is -2.23. The molecule has 1 aromatic heterocycles. The lowest BCUT2D eigenvalue weighted by molar-refractivity contribution is -0.121. The minimum Gasteiger partial charge on any atom is -0.496 e. The number of methoxy groups -OCH3 is 1. The van der Waals surface area contributed by atoms with E-state index in [0.29, 0.717) is 11.6 Å². The summed E-state index contributed by atoms with van der Waals surface area (Å²) in [5.74, 6) is 0.672. The number of amides is 1. The summed E-state index contributed by atoms with van der Waals surface area (Å²) in [6.07, 6.45) is 3.44. The largest absolute Gasteiger partial charge is 0.496 e. The highest BCUT2D eigenvalue weighted by Gasteiger charge is 2.06. The van der Waals surface area contributed by atoms with E-state index in [2.05, 4.69) is 15.7 Å². The van der Waals surface area contributed by atoms with Gasteiger partial charge in [0.05, 0.1) is 19.0 Å². The molecular formula is C14H17ClN4O2. The Kier molecular flexibility index (Phi) is 5.05. The molecule has 0 fully saturated rings. The van der Waals surface area contributed by atoms with E-state index in [-0.39, 0.29) is 12.5 Å². The Bertz CT molecular complexity index is 627. The van der Waals surface area contributed by atoms with Crippen molar-refractivity contribution in [3.8, 4) is 5.75 Å². The molecule has 0 aliphatic carbocycles. The fourth-order valence-corrected chi connectivity index (χ4v) is 2.04. The molecule has 0 aliphatic heterocycles. The third kappa shape index (κ3) is 4.13. The topological polar surface area (TPSA) is 68.2 Å². The third-order valence-corrected chi connectivity index (χ3v) is 3.18. The predicted molar refractivity (Wildman–Crippen MR) is 81.6 cm³/mol. The van der Waals surface area contributed by atoms with Crippen LogP contribution in [-0.2, 0) is 17.9 Å². The molecule has 21 heavy (non-hydrogen) atoms. The van der Waals surface area contributed by atoms with Crippen molar-refractivity contribution in [1.82, 2.24) is 15.1 Å². The average molecular weight is 309 g/mol. The minimum atomic E-state index is -0.0961. The van der Waals surface area contributed by atoms with E-state index in [0.717, 1.165) is 17.0 Å². The standard InChI is InChI=1S/C14H17ClN4O2/c1-16-14(20)9-19-8-12(7-18-19)17-6-10-5-11(15)3-4-13(10)21-2/h3-5,7-8,17H,6,9H2,1-2H3,(H,16,20). The number of ether oxygens (including phenoxy) is 1. The van der Waals surface area contributed by atoms with E-state index in [1.807, 2.05) is 12.1 Å². The Morgan fingerprint density at radius 3 is 3.00 bits per heavy atom. The zero-order chi connectivity index (χ0) is 15.2. The number of halogens is 1. The van der Waals surface area contributed by atoms with E-state index in [1.54, 1.807) is 37.3 Å². The molecule has 2 rings (SSSR count). The molecule has 0 radical (unpaired) electrons. The Labute approximate surface area is 128 Å². The van der Waals surface area contributed by atoms with Crippen molar-refractivity contribution in [3.05, 3.63) is 41.2 Å². The second-order valence-corrected chi connectivity index (χ2v) is 4.85. The van der Waals surface area contributed by atoms with Gasteiger partial charge in [0.2, 0.25) is 5.91 Å². The molecule has 6 nitrogen and oxygen atoms in total. The zero-order valence-electron chi connectivity index (χ0n) is 11.9. The monoisotopic (exact) mass is 308 g/mol. The first-order chi connectivity index (χ1) is 10.1. The van der Waals surface area contributed by atoms with Crippen LogP contribution < -0.4 is 15.4 Å². The van der Waals surface area contributed by atoms with Gasteiger partial charge < -0.3 is 15.4 Å². The van der Waals surface area contributed by atoms with Crippen molar-refractivity contribution in [2.45, 2.75) is 13.1 Å². The highest BCUT2D eigenvalue weighted by Crippen LogP contribution is 2.23. The number of benzene rings is 1. The highest BCUT2D eigenvalue weighted by molar-refractivity contribution is 6.30. The van der Waals surface area contributed by atoms with Crippen LogP contribution in [0.25, 0.3) is 0 Å². The van der Waals surface area contributed by atoms with E-state index >= 15 is 0 Å². The minimum absolute atomic E-state index is 0.0961. The third-order valence-electron chi connectivity index (χ3n) is 2.94. The summed E-state index contributed by atoms with van der Waals surface area (Å²) in [4.78, 5) is 11.3. The predicted octanol–water partition coefficient (Wildman–Crippen LogP) is 1.90. The molecule has 1 heterocycles. The fourth-order valence-electron chi connectivity index (χ4n) is 1.85. The summed E-state index contributed by atoms with van der Waals surface area (Å²) >= 11 is 5.99. The Morgan fingerprint density at radius 2 is 2.29 bits per heavy atom. The highest BCUT2D eigenvalue weighted by atomic mass is 35.5. The number of hydrogen-bond acceptors (Lipinski definition) is 4. The summed E-state index contributed by atoms with van der Waals surface area (Å²) in [5, 5.41) is 10.5. The molecule has 1 amide bonds. The van der Waals surface area contributed by atoms with Gasteiger partial charge in [-0.2, -0.15) is 5.10 Å². The van der Waals surface area contributed by atoms with Crippen LogP contribution in [0, 0.1) is 0 Å². The van der Waals surface area contributed by atoms with Gasteiger partial charge in [0.15, 0.2) is 0 Å². The summed E-state index contributed by atoms with van der Waals surface area (Å²) < 4.78 is 6.85. The molecule has 0 spiro atoms. The lowest BCUT2D eigenvalue weighted by Gasteiger charge is -2.09. The second kappa shape index (κ2) is 6.99. The van der Waals surface area contributed by atoms with Crippen molar-refractivity contribution < 1.29 is 9.53 Å². The van der Waals surface area contributed by atoms with E-state index in [4.69, 9.17) is 16.3 Å². The number of carbonyl (C=O) groups excluding carboxylic acids is 1. The lowest BCUT2D eigenvalue weighted by atomic mass is 10.2. The van der Waals surface area contributed by atoms with Crippen LogP contribution >= 0.6 is 11.6 Å². The summed E-state index contributed by atoms with van der Waals surface area (Å²) in [7, 11) is 3.21. The number of likely N-dealkylation sites (N-methyl/N-ethyl adjacent to an activating group) is 1. The maximum atomic E-state index is 11.3. The van der Waals surface area contributed by atoms with Gasteiger partial charge in [-0.15, -0.1) is 0 Å². The van der Waals surface area contributed by atoms with Gasteiger partial charge >= 0.3 is 0 Å². The molecular weight excluding hydrogens is 292 g/mol. The van der Waals surface area contributed by atoms with Gasteiger partial charge in [-0.25, -0.2) is 0 Å². The van der Waals surface area contributed by atoms with Crippen molar-refractivity contribution >= 4 is 23.2 Å². The zero-order valence-corrected chi connectivity index (χ0v) is 12.6. The van der Waals surface area contributed by atoms with Gasteiger partial charge in [-0.3, -0.25) is 9.48 Å². The second-order valence-electron chi connectivity index (χ2n) is 4.41. The van der Waals surface area contributed by atoms with Gasteiger partial charge in [0, 0.05) is 30.4 Å². The Hall–Kier alpha value is -2.21. The molecule has 0 saturated heterocycles. The molecule has 2 N–H and O–H groups in total. The molecule has 0 aliphatic rings. The molecule has 1 aromatic carbocycles. The molecule has 112 valence electrons. The van der Waals surface area contributed by atoms with E-state index < -0.39 is 0 Å². The summed E-state index contributed by atoms with van der Waals surface area (Å²) in [6.45, 7) is 0.744. The fraction of sp³-hybridized carbons (Fsp3) is 0.286. The SMILES string of the molecule is CNC(=O)Cn1cc(NCc2cc(Cl)ccc2OC)cn1. The first kappa shape index (κ1) is 15.2. The maximum Gasteiger partial charge on any atom is 0.241 e. The van der Waals surface area contributed by atoms with Crippen LogP contribution in [0.1, 0.15) is 5.56 Å². The van der Waals surface area contributed by atoms with Crippen molar-refractivity contribution in [3.63, 3.8) is 0 Å².